The van der Waals surface area contributed by atoms with E-state index in [1.165, 1.54) is 109 Å². The monoisotopic (exact) mass is 642 g/mol. The number of nitrogens with zero attached hydrogens (tertiary/aromatic N) is 2. The summed E-state index contributed by atoms with van der Waals surface area (Å²) >= 11 is 0. The Kier molecular flexibility index (Phi) is 33.5. The average Bonchev–Trinajstić information content (AvgIpc) is 3.03. The molecule has 0 aromatic rings. The van der Waals surface area contributed by atoms with Crippen LogP contribution in [0.4, 0.5) is 0 Å². The van der Waals surface area contributed by atoms with Crippen LogP contribution in [0, 0.1) is 5.92 Å². The van der Waals surface area contributed by atoms with E-state index in [0.717, 1.165) is 64.7 Å². The van der Waals surface area contributed by atoms with Gasteiger partial charge < -0.3 is 25.5 Å². The maximum absolute atomic E-state index is 11.1. The molecule has 0 amide bonds. The minimum absolute atomic E-state index is 0.238. The van der Waals surface area contributed by atoms with Crippen LogP contribution in [-0.2, 0) is 0 Å². The molecule has 4 unspecified atom stereocenters. The van der Waals surface area contributed by atoms with Crippen LogP contribution in [0.1, 0.15) is 175 Å². The molecule has 0 aliphatic carbocycles. The molecule has 0 heterocycles. The minimum atomic E-state index is -0.339. The molecule has 0 aromatic carbocycles. The van der Waals surface area contributed by atoms with Crippen LogP contribution in [0.2, 0.25) is 0 Å². The summed E-state index contributed by atoms with van der Waals surface area (Å²) < 4.78 is 0. The van der Waals surface area contributed by atoms with E-state index in [2.05, 4.69) is 42.9 Å². The van der Waals surface area contributed by atoms with E-state index in [1.54, 1.807) is 0 Å². The molecule has 6 heteroatoms. The third-order valence-electron chi connectivity index (χ3n) is 9.77. The van der Waals surface area contributed by atoms with E-state index in [9.17, 15) is 15.3 Å². The van der Waals surface area contributed by atoms with Gasteiger partial charge in [0.05, 0.1) is 18.3 Å². The number of likely N-dealkylation sites (N-methyl/N-ethyl adjacent to an activating group) is 1. The number of unbranched alkanes of at least 4 members (excludes halogenated alkanes) is 17. The van der Waals surface area contributed by atoms with Crippen molar-refractivity contribution in [3.63, 3.8) is 0 Å². The Balaban J connectivity index is 4.50. The Hall–Kier alpha value is -0.240. The van der Waals surface area contributed by atoms with Gasteiger partial charge in [0.1, 0.15) is 0 Å². The fourth-order valence-electron chi connectivity index (χ4n) is 6.22. The number of hydrogen-bond acceptors (Lipinski definition) is 6. The standard InChI is InChI=1S/C39H83N3O3/c1-6-9-11-13-15-17-18-20-22-24-28-38(44)34-42(32-31-41(5)30-26-25-29-40-33-37(43)8-3)35-39(45)36(4)27-23-21-19-16-14-12-10-7-2/h36-40,43-45H,6-35H2,1-5H3. The molecule has 0 rings (SSSR count). The molecule has 4 N–H and O–H groups in total. The van der Waals surface area contributed by atoms with Gasteiger partial charge in [-0.25, -0.2) is 0 Å². The summed E-state index contributed by atoms with van der Waals surface area (Å²) in [5.74, 6) is 0.295. The molecule has 0 aromatic heterocycles. The molecule has 0 radical (unpaired) electrons. The van der Waals surface area contributed by atoms with Crippen LogP contribution >= 0.6 is 0 Å². The quantitative estimate of drug-likeness (QED) is 0.0514. The van der Waals surface area contributed by atoms with Crippen LogP contribution in [0.5, 0.6) is 0 Å². The van der Waals surface area contributed by atoms with Crippen LogP contribution in [0.15, 0.2) is 0 Å². The average molecular weight is 642 g/mol. The highest BCUT2D eigenvalue weighted by molar-refractivity contribution is 4.74. The van der Waals surface area contributed by atoms with E-state index < -0.39 is 0 Å². The van der Waals surface area contributed by atoms with Crippen molar-refractivity contribution in [3.05, 3.63) is 0 Å². The molecule has 4 atom stereocenters. The van der Waals surface area contributed by atoms with Crippen molar-refractivity contribution in [2.24, 2.45) is 5.92 Å². The van der Waals surface area contributed by atoms with Crippen molar-refractivity contribution < 1.29 is 15.3 Å². The van der Waals surface area contributed by atoms with Gasteiger partial charge in [0, 0.05) is 32.7 Å². The summed E-state index contributed by atoms with van der Waals surface area (Å²) in [5.41, 5.74) is 0. The number of aliphatic hydroxyl groups is 3. The lowest BCUT2D eigenvalue weighted by atomic mass is 9.96. The van der Waals surface area contributed by atoms with Gasteiger partial charge in [0.25, 0.3) is 0 Å². The Labute approximate surface area is 282 Å². The van der Waals surface area contributed by atoms with E-state index in [-0.39, 0.29) is 18.3 Å². The van der Waals surface area contributed by atoms with E-state index in [4.69, 9.17) is 0 Å². The van der Waals surface area contributed by atoms with Crippen molar-refractivity contribution in [1.29, 1.82) is 0 Å². The first kappa shape index (κ1) is 44.8. The number of rotatable bonds is 36. The van der Waals surface area contributed by atoms with Crippen molar-refractivity contribution >= 4 is 0 Å². The zero-order valence-corrected chi connectivity index (χ0v) is 31.3. The third-order valence-corrected chi connectivity index (χ3v) is 9.77. The lowest BCUT2D eigenvalue weighted by molar-refractivity contribution is 0.0364. The highest BCUT2D eigenvalue weighted by Crippen LogP contribution is 2.18. The SMILES string of the molecule is CCCCCCCCCCCCC(O)CN(CCN(C)CCCCNCC(O)CC)CC(O)C(C)CCCCCCCCCC. The fraction of sp³-hybridized carbons (Fsp3) is 1.00. The van der Waals surface area contributed by atoms with Crippen molar-refractivity contribution in [1.82, 2.24) is 15.1 Å². The molecular formula is C39H83N3O3. The van der Waals surface area contributed by atoms with Crippen molar-refractivity contribution in [2.75, 3.05) is 52.9 Å². The lowest BCUT2D eigenvalue weighted by Gasteiger charge is -2.31. The molecule has 0 aliphatic heterocycles. The van der Waals surface area contributed by atoms with Crippen LogP contribution in [0.3, 0.4) is 0 Å². The third kappa shape index (κ3) is 30.8. The highest BCUT2D eigenvalue weighted by Gasteiger charge is 2.20. The topological polar surface area (TPSA) is 79.2 Å². The smallest absolute Gasteiger partial charge is 0.0692 e. The number of hydrogen-bond donors (Lipinski definition) is 4. The summed E-state index contributed by atoms with van der Waals surface area (Å²) in [4.78, 5) is 4.72. The molecule has 0 fully saturated rings. The molecule has 0 bridgehead atoms. The molecule has 272 valence electrons. The van der Waals surface area contributed by atoms with Gasteiger partial charge in [-0.1, -0.05) is 143 Å². The van der Waals surface area contributed by atoms with Crippen LogP contribution < -0.4 is 5.32 Å². The zero-order valence-electron chi connectivity index (χ0n) is 31.3. The van der Waals surface area contributed by atoms with Crippen molar-refractivity contribution in [3.8, 4) is 0 Å². The second-order valence-corrected chi connectivity index (χ2v) is 14.5. The second kappa shape index (κ2) is 33.7. The van der Waals surface area contributed by atoms with Gasteiger partial charge in [-0.3, -0.25) is 4.90 Å². The Morgan fingerprint density at radius 3 is 1.58 bits per heavy atom. The fourth-order valence-corrected chi connectivity index (χ4v) is 6.22. The molecule has 0 saturated heterocycles. The summed E-state index contributed by atoms with van der Waals surface area (Å²) in [6.45, 7) is 14.6. The lowest BCUT2D eigenvalue weighted by Crippen LogP contribution is -2.43. The molecule has 0 spiro atoms. The first-order chi connectivity index (χ1) is 21.8. The molecule has 6 nitrogen and oxygen atoms in total. The predicted octanol–water partition coefficient (Wildman–Crippen LogP) is 8.56. The molecule has 45 heavy (non-hydrogen) atoms. The Morgan fingerprint density at radius 1 is 0.533 bits per heavy atom. The summed E-state index contributed by atoms with van der Waals surface area (Å²) in [5, 5.41) is 35.2. The largest absolute Gasteiger partial charge is 0.392 e. The summed E-state index contributed by atoms with van der Waals surface area (Å²) in [6, 6.07) is 0. The molecule has 0 saturated carbocycles. The number of nitrogens with one attached hydrogen (secondary N) is 1. The second-order valence-electron chi connectivity index (χ2n) is 14.5. The first-order valence-corrected chi connectivity index (χ1v) is 20.0. The van der Waals surface area contributed by atoms with E-state index >= 15 is 0 Å². The van der Waals surface area contributed by atoms with Crippen molar-refractivity contribution in [2.45, 2.75) is 194 Å². The molecule has 0 aliphatic rings. The highest BCUT2D eigenvalue weighted by atomic mass is 16.3. The van der Waals surface area contributed by atoms with Gasteiger partial charge in [0.15, 0.2) is 0 Å². The minimum Gasteiger partial charge on any atom is -0.392 e. The Bertz CT molecular complexity index is 582. The maximum atomic E-state index is 11.1. The van der Waals surface area contributed by atoms with Gasteiger partial charge in [0.2, 0.25) is 0 Å². The van der Waals surface area contributed by atoms with Gasteiger partial charge >= 0.3 is 0 Å². The van der Waals surface area contributed by atoms with Gasteiger partial charge in [-0.05, 0) is 58.2 Å². The number of aliphatic hydroxyl groups excluding tert-OH is 3. The van der Waals surface area contributed by atoms with E-state index in [1.807, 2.05) is 6.92 Å². The Morgan fingerprint density at radius 2 is 1.04 bits per heavy atom. The van der Waals surface area contributed by atoms with Gasteiger partial charge in [-0.2, -0.15) is 0 Å². The predicted molar refractivity (Wildman–Crippen MR) is 197 cm³/mol. The first-order valence-electron chi connectivity index (χ1n) is 20.0. The van der Waals surface area contributed by atoms with Crippen LogP contribution in [0.25, 0.3) is 0 Å². The summed E-state index contributed by atoms with van der Waals surface area (Å²) in [6.07, 6.45) is 27.9. The summed E-state index contributed by atoms with van der Waals surface area (Å²) in [7, 11) is 2.19. The maximum Gasteiger partial charge on any atom is 0.0692 e. The van der Waals surface area contributed by atoms with Crippen LogP contribution in [-0.4, -0.2) is 96.3 Å². The zero-order chi connectivity index (χ0) is 33.4. The van der Waals surface area contributed by atoms with Gasteiger partial charge in [-0.15, -0.1) is 0 Å². The normalized spacial score (nSPS) is 14.8. The molecular weight excluding hydrogens is 558 g/mol. The van der Waals surface area contributed by atoms with E-state index in [0.29, 0.717) is 25.6 Å².